The van der Waals surface area contributed by atoms with Crippen LogP contribution in [0.25, 0.3) is 0 Å². The van der Waals surface area contributed by atoms with E-state index < -0.39 is 0 Å². The van der Waals surface area contributed by atoms with Gasteiger partial charge in [0.05, 0.1) is 11.4 Å². The Morgan fingerprint density at radius 2 is 2.00 bits per heavy atom. The number of hydrogen-bond donors (Lipinski definition) is 2. The molecule has 1 aromatic rings. The lowest BCUT2D eigenvalue weighted by Crippen LogP contribution is -2.38. The lowest BCUT2D eigenvalue weighted by atomic mass is 10.1. The van der Waals surface area contributed by atoms with Crippen molar-refractivity contribution in [1.82, 2.24) is 4.90 Å². The van der Waals surface area contributed by atoms with Crippen molar-refractivity contribution < 1.29 is 9.90 Å². The third kappa shape index (κ3) is 3.87. The quantitative estimate of drug-likeness (QED) is 0.776. The number of anilines is 2. The SMILES string of the molecule is CC(C)N(CCCO)C(=O)c1ccc(N(C)C)c(N)c1. The number of amides is 1. The molecule has 0 radical (unpaired) electrons. The van der Waals surface area contributed by atoms with E-state index >= 15 is 0 Å². The van der Waals surface area contributed by atoms with Gasteiger partial charge in [0, 0.05) is 38.9 Å². The molecule has 0 aliphatic carbocycles. The Labute approximate surface area is 121 Å². The predicted octanol–water partition coefficient (Wildman–Crippen LogP) is 1.57. The summed E-state index contributed by atoms with van der Waals surface area (Å²) in [5, 5.41) is 8.93. The van der Waals surface area contributed by atoms with Gasteiger partial charge in [-0.2, -0.15) is 0 Å². The van der Waals surface area contributed by atoms with Crippen LogP contribution in [0.1, 0.15) is 30.6 Å². The molecule has 5 nitrogen and oxygen atoms in total. The summed E-state index contributed by atoms with van der Waals surface area (Å²) in [6, 6.07) is 5.45. The molecule has 1 rings (SSSR count). The van der Waals surface area contributed by atoms with E-state index in [0.29, 0.717) is 24.2 Å². The summed E-state index contributed by atoms with van der Waals surface area (Å²) in [6.45, 7) is 4.56. The van der Waals surface area contributed by atoms with Crippen LogP contribution in [0.15, 0.2) is 18.2 Å². The first-order valence-electron chi connectivity index (χ1n) is 6.87. The molecule has 0 saturated heterocycles. The highest BCUT2D eigenvalue weighted by molar-refractivity contribution is 5.96. The number of rotatable bonds is 6. The maximum Gasteiger partial charge on any atom is 0.254 e. The minimum absolute atomic E-state index is 0.0505. The van der Waals surface area contributed by atoms with Gasteiger partial charge in [-0.1, -0.05) is 0 Å². The first kappa shape index (κ1) is 16.3. The summed E-state index contributed by atoms with van der Waals surface area (Å²) in [7, 11) is 3.82. The molecule has 112 valence electrons. The summed E-state index contributed by atoms with van der Waals surface area (Å²) in [5.74, 6) is -0.0505. The normalized spacial score (nSPS) is 10.7. The van der Waals surface area contributed by atoms with Gasteiger partial charge in [0.25, 0.3) is 5.91 Å². The molecule has 0 atom stereocenters. The lowest BCUT2D eigenvalue weighted by Gasteiger charge is -2.27. The topological polar surface area (TPSA) is 69.8 Å². The maximum absolute atomic E-state index is 12.5. The van der Waals surface area contributed by atoms with Crippen molar-refractivity contribution >= 4 is 17.3 Å². The second kappa shape index (κ2) is 7.14. The van der Waals surface area contributed by atoms with Crippen LogP contribution in [0.3, 0.4) is 0 Å². The van der Waals surface area contributed by atoms with Crippen LogP contribution in [-0.2, 0) is 0 Å². The van der Waals surface area contributed by atoms with Crippen molar-refractivity contribution in [3.05, 3.63) is 23.8 Å². The summed E-state index contributed by atoms with van der Waals surface area (Å²) in [4.78, 5) is 16.2. The Morgan fingerprint density at radius 3 is 2.45 bits per heavy atom. The van der Waals surface area contributed by atoms with E-state index in [2.05, 4.69) is 0 Å². The third-order valence-electron chi connectivity index (χ3n) is 3.20. The largest absolute Gasteiger partial charge is 0.397 e. The first-order valence-corrected chi connectivity index (χ1v) is 6.87. The van der Waals surface area contributed by atoms with Crippen LogP contribution in [0.5, 0.6) is 0 Å². The summed E-state index contributed by atoms with van der Waals surface area (Å²) < 4.78 is 0. The number of hydrogen-bond acceptors (Lipinski definition) is 4. The molecule has 0 bridgehead atoms. The highest BCUT2D eigenvalue weighted by atomic mass is 16.3. The smallest absolute Gasteiger partial charge is 0.254 e. The Morgan fingerprint density at radius 1 is 1.35 bits per heavy atom. The van der Waals surface area contributed by atoms with Crippen LogP contribution < -0.4 is 10.6 Å². The molecule has 1 amide bonds. The second-order valence-corrected chi connectivity index (χ2v) is 5.34. The van der Waals surface area contributed by atoms with Crippen LogP contribution in [-0.4, -0.2) is 49.2 Å². The van der Waals surface area contributed by atoms with Crippen molar-refractivity contribution in [2.24, 2.45) is 0 Å². The zero-order chi connectivity index (χ0) is 15.3. The van der Waals surface area contributed by atoms with Crippen molar-refractivity contribution in [3.63, 3.8) is 0 Å². The number of carbonyl (C=O) groups excluding carboxylic acids is 1. The first-order chi connectivity index (χ1) is 9.38. The van der Waals surface area contributed by atoms with Crippen molar-refractivity contribution in [2.45, 2.75) is 26.3 Å². The van der Waals surface area contributed by atoms with E-state index in [9.17, 15) is 4.79 Å². The van der Waals surface area contributed by atoms with Gasteiger partial charge in [-0.3, -0.25) is 4.79 Å². The molecule has 0 heterocycles. The zero-order valence-corrected chi connectivity index (χ0v) is 12.8. The molecule has 0 fully saturated rings. The summed E-state index contributed by atoms with van der Waals surface area (Å²) in [5.41, 5.74) is 8.05. The fourth-order valence-electron chi connectivity index (χ4n) is 2.10. The Bertz CT molecular complexity index is 458. The molecule has 0 aliphatic heterocycles. The Hall–Kier alpha value is -1.75. The van der Waals surface area contributed by atoms with E-state index in [1.165, 1.54) is 0 Å². The van der Waals surface area contributed by atoms with Gasteiger partial charge < -0.3 is 20.6 Å². The van der Waals surface area contributed by atoms with Gasteiger partial charge >= 0.3 is 0 Å². The van der Waals surface area contributed by atoms with Crippen LogP contribution >= 0.6 is 0 Å². The van der Waals surface area contributed by atoms with Gasteiger partial charge in [0.15, 0.2) is 0 Å². The fourth-order valence-corrected chi connectivity index (χ4v) is 2.10. The molecule has 1 aromatic carbocycles. The number of nitrogens with two attached hydrogens (primary N) is 1. The summed E-state index contributed by atoms with van der Waals surface area (Å²) in [6.07, 6.45) is 0.579. The fraction of sp³-hybridized carbons (Fsp3) is 0.533. The highest BCUT2D eigenvalue weighted by Gasteiger charge is 2.19. The summed E-state index contributed by atoms with van der Waals surface area (Å²) >= 11 is 0. The van der Waals surface area contributed by atoms with Gasteiger partial charge in [-0.05, 0) is 38.5 Å². The van der Waals surface area contributed by atoms with Crippen molar-refractivity contribution in [1.29, 1.82) is 0 Å². The van der Waals surface area contributed by atoms with Crippen molar-refractivity contribution in [3.8, 4) is 0 Å². The van der Waals surface area contributed by atoms with Gasteiger partial charge in [0.2, 0.25) is 0 Å². The van der Waals surface area contributed by atoms with Crippen LogP contribution in [0.4, 0.5) is 11.4 Å². The minimum Gasteiger partial charge on any atom is -0.397 e. The molecule has 3 N–H and O–H groups in total. The molecule has 0 aromatic heterocycles. The standard InChI is InChI=1S/C15H25N3O2/c1-11(2)18(8-5-9-19)15(20)12-6-7-14(17(3)4)13(16)10-12/h6-7,10-11,19H,5,8-9,16H2,1-4H3. The van der Waals surface area contributed by atoms with E-state index in [1.807, 2.05) is 38.9 Å². The predicted molar refractivity (Wildman–Crippen MR) is 83.1 cm³/mol. The highest BCUT2D eigenvalue weighted by Crippen LogP contribution is 2.23. The Balaban J connectivity index is 2.97. The average Bonchev–Trinajstić information content (AvgIpc) is 2.37. The molecule has 0 spiro atoms. The average molecular weight is 279 g/mol. The van der Waals surface area contributed by atoms with Crippen LogP contribution in [0, 0.1) is 0 Å². The molecule has 0 saturated carbocycles. The van der Waals surface area contributed by atoms with Gasteiger partial charge in [-0.15, -0.1) is 0 Å². The van der Waals surface area contributed by atoms with Gasteiger partial charge in [0.1, 0.15) is 0 Å². The minimum atomic E-state index is -0.0505. The second-order valence-electron chi connectivity index (χ2n) is 5.34. The number of carbonyl (C=O) groups is 1. The van der Waals surface area contributed by atoms with E-state index in [4.69, 9.17) is 10.8 Å². The monoisotopic (exact) mass is 279 g/mol. The van der Waals surface area contributed by atoms with Crippen LogP contribution in [0.2, 0.25) is 0 Å². The third-order valence-corrected chi connectivity index (χ3v) is 3.20. The molecule has 0 aliphatic rings. The number of nitrogens with zero attached hydrogens (tertiary/aromatic N) is 2. The maximum atomic E-state index is 12.5. The number of aliphatic hydroxyl groups excluding tert-OH is 1. The van der Waals surface area contributed by atoms with Crippen molar-refractivity contribution in [2.75, 3.05) is 37.9 Å². The zero-order valence-electron chi connectivity index (χ0n) is 12.8. The molecule has 20 heavy (non-hydrogen) atoms. The van der Waals surface area contributed by atoms with E-state index in [1.54, 1.807) is 17.0 Å². The number of nitrogen functional groups attached to an aromatic ring is 1. The van der Waals surface area contributed by atoms with Gasteiger partial charge in [-0.25, -0.2) is 0 Å². The molecular formula is C15H25N3O2. The molecule has 5 heteroatoms. The number of aliphatic hydroxyl groups is 1. The lowest BCUT2D eigenvalue weighted by molar-refractivity contribution is 0.0693. The van der Waals surface area contributed by atoms with E-state index in [0.717, 1.165) is 5.69 Å². The molecule has 0 unspecified atom stereocenters. The van der Waals surface area contributed by atoms with E-state index in [-0.39, 0.29) is 18.6 Å². The molecular weight excluding hydrogens is 254 g/mol. The Kier molecular flexibility index (Phi) is 5.82. The number of benzene rings is 1.